The fraction of sp³-hybridized carbons (Fsp3) is 0.308. The normalized spacial score (nSPS) is 22.9. The van der Waals surface area contributed by atoms with Crippen molar-refractivity contribution < 1.29 is 0 Å². The predicted molar refractivity (Wildman–Crippen MR) is 57.7 cm³/mol. The second-order valence-electron chi connectivity index (χ2n) is 3.83. The van der Waals surface area contributed by atoms with Crippen LogP contribution < -0.4 is 0 Å². The van der Waals surface area contributed by atoms with Crippen molar-refractivity contribution in [2.24, 2.45) is 0 Å². The third kappa shape index (κ3) is 1.44. The maximum absolute atomic E-state index is 8.68. The van der Waals surface area contributed by atoms with Crippen LogP contribution in [0.3, 0.4) is 0 Å². The van der Waals surface area contributed by atoms with Crippen LogP contribution in [0.15, 0.2) is 30.3 Å². The lowest BCUT2D eigenvalue weighted by atomic mass is 9.81. The average molecular weight is 183 g/mol. The summed E-state index contributed by atoms with van der Waals surface area (Å²) in [6, 6.07) is 10.5. The van der Waals surface area contributed by atoms with E-state index in [9.17, 15) is 0 Å². The molecule has 0 fully saturated rings. The monoisotopic (exact) mass is 183 g/mol. The largest absolute Gasteiger partial charge is 0.193 e. The highest BCUT2D eigenvalue weighted by Crippen LogP contribution is 2.37. The van der Waals surface area contributed by atoms with Crippen LogP contribution in [0.25, 0.3) is 5.57 Å². The summed E-state index contributed by atoms with van der Waals surface area (Å²) in [5, 5.41) is 8.68. The highest BCUT2D eigenvalue weighted by atomic mass is 14.3. The van der Waals surface area contributed by atoms with E-state index in [4.69, 9.17) is 5.26 Å². The first-order chi connectivity index (χ1) is 6.83. The molecule has 0 aromatic heterocycles. The highest BCUT2D eigenvalue weighted by Gasteiger charge is 2.18. The van der Waals surface area contributed by atoms with Gasteiger partial charge in [-0.05, 0) is 35.5 Å². The highest BCUT2D eigenvalue weighted by molar-refractivity contribution is 5.72. The van der Waals surface area contributed by atoms with Gasteiger partial charge in [0.1, 0.15) is 0 Å². The fourth-order valence-corrected chi connectivity index (χ4v) is 2.11. The van der Waals surface area contributed by atoms with Crippen molar-refractivity contribution in [2.45, 2.75) is 25.7 Å². The second kappa shape index (κ2) is 3.67. The smallest absolute Gasteiger partial charge is 0.0915 e. The van der Waals surface area contributed by atoms with E-state index in [1.165, 1.54) is 16.7 Å². The molecule has 0 N–H and O–H groups in total. The molecule has 1 heteroatoms. The van der Waals surface area contributed by atoms with Gasteiger partial charge < -0.3 is 0 Å². The molecule has 0 heterocycles. The molecule has 0 saturated heterocycles. The molecule has 1 aliphatic rings. The molecule has 1 unspecified atom stereocenters. The summed E-state index contributed by atoms with van der Waals surface area (Å²) < 4.78 is 0. The first kappa shape index (κ1) is 9.02. The molecule has 0 bridgehead atoms. The molecule has 1 aromatic carbocycles. The van der Waals surface area contributed by atoms with Crippen LogP contribution in [0.2, 0.25) is 0 Å². The molecule has 1 aliphatic carbocycles. The first-order valence-corrected chi connectivity index (χ1v) is 5.01. The minimum absolute atomic E-state index is 0.627. The van der Waals surface area contributed by atoms with Gasteiger partial charge in [0, 0.05) is 6.08 Å². The molecule has 0 spiro atoms. The van der Waals surface area contributed by atoms with Gasteiger partial charge in [-0.25, -0.2) is 0 Å². The number of fused-ring (bicyclic) bond motifs is 1. The SMILES string of the molecule is CC1CC/C(=C/C#N)c2ccccc21. The molecule has 14 heavy (non-hydrogen) atoms. The molecule has 0 amide bonds. The zero-order chi connectivity index (χ0) is 9.97. The molecule has 1 atom stereocenters. The quantitative estimate of drug-likeness (QED) is 0.565. The molecule has 0 radical (unpaired) electrons. The molecule has 0 saturated carbocycles. The summed E-state index contributed by atoms with van der Waals surface area (Å²) in [6.07, 6.45) is 3.88. The Hall–Kier alpha value is -1.55. The summed E-state index contributed by atoms with van der Waals surface area (Å²) in [4.78, 5) is 0. The number of rotatable bonds is 0. The van der Waals surface area contributed by atoms with Gasteiger partial charge in [0.15, 0.2) is 0 Å². The molecular formula is C13H13N. The topological polar surface area (TPSA) is 23.8 Å². The van der Waals surface area contributed by atoms with Gasteiger partial charge in [0.2, 0.25) is 0 Å². The van der Waals surface area contributed by atoms with Crippen LogP contribution in [0.4, 0.5) is 0 Å². The van der Waals surface area contributed by atoms with Crippen LogP contribution >= 0.6 is 0 Å². The zero-order valence-corrected chi connectivity index (χ0v) is 8.33. The van der Waals surface area contributed by atoms with Crippen LogP contribution in [-0.4, -0.2) is 0 Å². The van der Waals surface area contributed by atoms with Gasteiger partial charge in [0.05, 0.1) is 6.07 Å². The summed E-state index contributed by atoms with van der Waals surface area (Å²) in [7, 11) is 0. The van der Waals surface area contributed by atoms with E-state index in [0.717, 1.165) is 12.8 Å². The number of hydrogen-bond donors (Lipinski definition) is 0. The fourth-order valence-electron chi connectivity index (χ4n) is 2.11. The minimum atomic E-state index is 0.627. The van der Waals surface area contributed by atoms with E-state index in [0.29, 0.717) is 5.92 Å². The minimum Gasteiger partial charge on any atom is -0.193 e. The summed E-state index contributed by atoms with van der Waals surface area (Å²) in [5.74, 6) is 0.627. The standard InChI is InChI=1S/C13H13N/c1-10-6-7-11(8-9-14)13-5-3-2-4-12(10)13/h2-5,8,10H,6-7H2,1H3/b11-8-. The van der Waals surface area contributed by atoms with Crippen molar-refractivity contribution in [3.8, 4) is 6.07 Å². The van der Waals surface area contributed by atoms with Crippen molar-refractivity contribution in [1.29, 1.82) is 5.26 Å². The summed E-state index contributed by atoms with van der Waals surface area (Å²) >= 11 is 0. The number of nitrogens with zero attached hydrogens (tertiary/aromatic N) is 1. The third-order valence-electron chi connectivity index (χ3n) is 2.92. The number of hydrogen-bond acceptors (Lipinski definition) is 1. The molecule has 70 valence electrons. The van der Waals surface area contributed by atoms with Crippen LogP contribution in [-0.2, 0) is 0 Å². The Morgan fingerprint density at radius 1 is 1.43 bits per heavy atom. The second-order valence-corrected chi connectivity index (χ2v) is 3.83. The third-order valence-corrected chi connectivity index (χ3v) is 2.92. The maximum Gasteiger partial charge on any atom is 0.0915 e. The Morgan fingerprint density at radius 3 is 3.00 bits per heavy atom. The van der Waals surface area contributed by atoms with E-state index in [-0.39, 0.29) is 0 Å². The lowest BCUT2D eigenvalue weighted by molar-refractivity contribution is 0.675. The van der Waals surface area contributed by atoms with Crippen molar-refractivity contribution in [1.82, 2.24) is 0 Å². The van der Waals surface area contributed by atoms with Gasteiger partial charge in [-0.15, -0.1) is 0 Å². The Kier molecular flexibility index (Phi) is 2.37. The van der Waals surface area contributed by atoms with E-state index in [1.807, 2.05) is 6.07 Å². The van der Waals surface area contributed by atoms with Gasteiger partial charge in [-0.3, -0.25) is 0 Å². The number of allylic oxidation sites excluding steroid dienone is 2. The molecule has 0 aliphatic heterocycles. The van der Waals surface area contributed by atoms with E-state index >= 15 is 0 Å². The Balaban J connectivity index is 2.53. The summed E-state index contributed by atoms with van der Waals surface area (Å²) in [5.41, 5.74) is 3.86. The van der Waals surface area contributed by atoms with E-state index in [1.54, 1.807) is 6.08 Å². The van der Waals surface area contributed by atoms with Crippen LogP contribution in [0, 0.1) is 11.3 Å². The van der Waals surface area contributed by atoms with E-state index in [2.05, 4.69) is 31.2 Å². The van der Waals surface area contributed by atoms with Crippen LogP contribution in [0.1, 0.15) is 36.8 Å². The van der Waals surface area contributed by atoms with E-state index < -0.39 is 0 Å². The Morgan fingerprint density at radius 2 is 2.21 bits per heavy atom. The van der Waals surface area contributed by atoms with Gasteiger partial charge in [-0.2, -0.15) is 5.26 Å². The lowest BCUT2D eigenvalue weighted by Gasteiger charge is -2.23. The van der Waals surface area contributed by atoms with Crippen molar-refractivity contribution in [3.63, 3.8) is 0 Å². The van der Waals surface area contributed by atoms with Crippen molar-refractivity contribution >= 4 is 5.57 Å². The maximum atomic E-state index is 8.68. The van der Waals surface area contributed by atoms with Gasteiger partial charge in [0.25, 0.3) is 0 Å². The zero-order valence-electron chi connectivity index (χ0n) is 8.33. The lowest BCUT2D eigenvalue weighted by Crippen LogP contribution is -2.05. The summed E-state index contributed by atoms with van der Waals surface area (Å²) in [6.45, 7) is 2.25. The van der Waals surface area contributed by atoms with Gasteiger partial charge >= 0.3 is 0 Å². The molecule has 1 nitrogen and oxygen atoms in total. The number of nitriles is 1. The molecular weight excluding hydrogens is 170 g/mol. The van der Waals surface area contributed by atoms with Crippen molar-refractivity contribution in [3.05, 3.63) is 41.5 Å². The molecule has 1 aromatic rings. The Labute approximate surface area is 84.7 Å². The van der Waals surface area contributed by atoms with Gasteiger partial charge in [-0.1, -0.05) is 31.2 Å². The van der Waals surface area contributed by atoms with Crippen molar-refractivity contribution in [2.75, 3.05) is 0 Å². The number of benzene rings is 1. The Bertz CT molecular complexity index is 409. The molecule has 2 rings (SSSR count). The van der Waals surface area contributed by atoms with Crippen LogP contribution in [0.5, 0.6) is 0 Å². The first-order valence-electron chi connectivity index (χ1n) is 5.01. The average Bonchev–Trinajstić information content (AvgIpc) is 2.23. The predicted octanol–water partition coefficient (Wildman–Crippen LogP) is 3.49.